The number of halogens is 1. The Morgan fingerprint density at radius 3 is 3.11 bits per heavy atom. The Kier molecular flexibility index (Phi) is 2.89. The molecule has 2 heterocycles. The maximum atomic E-state index is 6.20. The van der Waals surface area contributed by atoms with E-state index in [-0.39, 0.29) is 0 Å². The van der Waals surface area contributed by atoms with Crippen LogP contribution in [0.2, 0.25) is 5.02 Å². The van der Waals surface area contributed by atoms with Gasteiger partial charge in [-0.05, 0) is 24.4 Å². The summed E-state index contributed by atoms with van der Waals surface area (Å²) in [5, 5.41) is 4.24. The van der Waals surface area contributed by atoms with Crippen LogP contribution >= 0.6 is 23.8 Å². The van der Waals surface area contributed by atoms with Crippen molar-refractivity contribution >= 4 is 34.9 Å². The maximum absolute atomic E-state index is 6.20. The van der Waals surface area contributed by atoms with E-state index < -0.39 is 0 Å². The van der Waals surface area contributed by atoms with Gasteiger partial charge in [0.2, 0.25) is 5.89 Å². The lowest BCUT2D eigenvalue weighted by Crippen LogP contribution is -2.01. The first-order chi connectivity index (χ1) is 8.75. The van der Waals surface area contributed by atoms with E-state index in [9.17, 15) is 0 Å². The van der Waals surface area contributed by atoms with Gasteiger partial charge in [0.1, 0.15) is 0 Å². The predicted octanol–water partition coefficient (Wildman–Crippen LogP) is 2.98. The van der Waals surface area contributed by atoms with Gasteiger partial charge in [0.05, 0.1) is 16.1 Å². The number of benzene rings is 1. The van der Waals surface area contributed by atoms with Crippen LogP contribution in [0, 0.1) is 4.77 Å². The third kappa shape index (κ3) is 1.93. The fourth-order valence-electron chi connectivity index (χ4n) is 1.90. The second-order valence-corrected chi connectivity index (χ2v) is 4.60. The first kappa shape index (κ1) is 11.4. The Bertz CT molecular complexity index is 731. The van der Waals surface area contributed by atoms with Gasteiger partial charge < -0.3 is 14.1 Å². The van der Waals surface area contributed by atoms with Crippen LogP contribution in [0.1, 0.15) is 5.89 Å². The fraction of sp³-hybridized carbons (Fsp3) is 0.182. The summed E-state index contributed by atoms with van der Waals surface area (Å²) < 4.78 is 7.54. The van der Waals surface area contributed by atoms with Crippen molar-refractivity contribution in [3.8, 4) is 0 Å². The molecule has 0 unspecified atom stereocenters. The molecule has 0 spiro atoms. The Balaban J connectivity index is 2.01. The molecule has 3 rings (SSSR count). The van der Waals surface area contributed by atoms with Gasteiger partial charge in [-0.3, -0.25) is 0 Å². The number of aromatic nitrogens is 4. The number of nitrogens with one attached hydrogen (secondary N) is 1. The molecule has 0 bridgehead atoms. The van der Waals surface area contributed by atoms with Gasteiger partial charge in [-0.2, -0.15) is 4.98 Å². The molecule has 2 aromatic heterocycles. The average Bonchev–Trinajstić information content (AvgIpc) is 2.94. The van der Waals surface area contributed by atoms with E-state index in [4.69, 9.17) is 28.3 Å². The number of hydrogen-bond acceptors (Lipinski definition) is 4. The predicted molar refractivity (Wildman–Crippen MR) is 70.1 cm³/mol. The van der Waals surface area contributed by atoms with Gasteiger partial charge in [-0.15, -0.1) is 0 Å². The molecule has 3 aromatic rings. The van der Waals surface area contributed by atoms with Gasteiger partial charge in [-0.1, -0.05) is 22.8 Å². The summed E-state index contributed by atoms with van der Waals surface area (Å²) in [5.41, 5.74) is 1.83. The molecule has 0 aliphatic rings. The Labute approximate surface area is 112 Å². The molecule has 0 radical (unpaired) electrons. The van der Waals surface area contributed by atoms with Gasteiger partial charge in [0.25, 0.3) is 0 Å². The highest BCUT2D eigenvalue weighted by Crippen LogP contribution is 2.23. The summed E-state index contributed by atoms with van der Waals surface area (Å²) in [4.78, 5) is 7.10. The lowest BCUT2D eigenvalue weighted by Gasteiger charge is -2.03. The number of aromatic amines is 1. The molecule has 0 saturated carbocycles. The lowest BCUT2D eigenvalue weighted by molar-refractivity contribution is 0.371. The summed E-state index contributed by atoms with van der Waals surface area (Å²) in [7, 11) is 0. The number of fused-ring (bicyclic) bond motifs is 1. The Morgan fingerprint density at radius 1 is 1.44 bits per heavy atom. The summed E-state index contributed by atoms with van der Waals surface area (Å²) >= 11 is 11.5. The van der Waals surface area contributed by atoms with Gasteiger partial charge in [0, 0.05) is 13.0 Å². The lowest BCUT2D eigenvalue weighted by atomic mass is 10.3. The Hall–Kier alpha value is -1.66. The highest BCUT2D eigenvalue weighted by molar-refractivity contribution is 7.71. The Morgan fingerprint density at radius 2 is 2.33 bits per heavy atom. The highest BCUT2D eigenvalue weighted by Gasteiger charge is 2.09. The molecule has 0 aliphatic carbocycles. The van der Waals surface area contributed by atoms with Crippen LogP contribution < -0.4 is 0 Å². The SMILES string of the molecule is S=c1[nH]c2cccc(Cl)c2n1CCc1ncno1. The topological polar surface area (TPSA) is 59.6 Å². The monoisotopic (exact) mass is 280 g/mol. The van der Waals surface area contributed by atoms with Crippen LogP contribution in [0.15, 0.2) is 29.0 Å². The largest absolute Gasteiger partial charge is 0.340 e. The number of H-pyrrole nitrogens is 1. The third-order valence-electron chi connectivity index (χ3n) is 2.70. The van der Waals surface area contributed by atoms with Crippen molar-refractivity contribution in [3.05, 3.63) is 40.2 Å². The molecule has 0 amide bonds. The van der Waals surface area contributed by atoms with Crippen molar-refractivity contribution < 1.29 is 4.52 Å². The molecule has 18 heavy (non-hydrogen) atoms. The van der Waals surface area contributed by atoms with Crippen molar-refractivity contribution in [2.24, 2.45) is 0 Å². The van der Waals surface area contributed by atoms with E-state index in [1.165, 1.54) is 6.33 Å². The average molecular weight is 281 g/mol. The van der Waals surface area contributed by atoms with E-state index in [0.717, 1.165) is 11.0 Å². The van der Waals surface area contributed by atoms with E-state index in [1.807, 2.05) is 22.8 Å². The third-order valence-corrected chi connectivity index (χ3v) is 3.33. The number of nitrogens with zero attached hydrogens (tertiary/aromatic N) is 3. The number of aryl methyl sites for hydroxylation is 2. The zero-order valence-corrected chi connectivity index (χ0v) is 10.8. The minimum atomic E-state index is 0.582. The molecule has 0 atom stereocenters. The van der Waals surface area contributed by atoms with Crippen molar-refractivity contribution in [2.75, 3.05) is 0 Å². The summed E-state index contributed by atoms with van der Waals surface area (Å²) in [6, 6.07) is 5.67. The van der Waals surface area contributed by atoms with Gasteiger partial charge in [-0.25, -0.2) is 0 Å². The smallest absolute Gasteiger partial charge is 0.228 e. The number of hydrogen-bond donors (Lipinski definition) is 1. The van der Waals surface area contributed by atoms with Crippen LogP contribution in [0.3, 0.4) is 0 Å². The van der Waals surface area contributed by atoms with Crippen LogP contribution in [0.4, 0.5) is 0 Å². The minimum absolute atomic E-state index is 0.582. The van der Waals surface area contributed by atoms with Crippen molar-refractivity contribution in [3.63, 3.8) is 0 Å². The first-order valence-corrected chi connectivity index (χ1v) is 6.17. The van der Waals surface area contributed by atoms with Crippen molar-refractivity contribution in [1.82, 2.24) is 19.7 Å². The molecule has 92 valence electrons. The standard InChI is InChI=1S/C11H9ClN4OS/c12-7-2-1-3-8-10(7)16(11(18)15-8)5-4-9-13-6-14-17-9/h1-3,6H,4-5H2,(H,15,18). The molecule has 1 aromatic carbocycles. The number of rotatable bonds is 3. The highest BCUT2D eigenvalue weighted by atomic mass is 35.5. The van der Waals surface area contributed by atoms with E-state index in [1.54, 1.807) is 0 Å². The molecular formula is C11H9ClN4OS. The molecule has 1 N–H and O–H groups in total. The number of para-hydroxylation sites is 1. The van der Waals surface area contributed by atoms with Crippen LogP contribution in [0.5, 0.6) is 0 Å². The molecule has 5 nitrogen and oxygen atoms in total. The van der Waals surface area contributed by atoms with Crippen LogP contribution in [0.25, 0.3) is 11.0 Å². The van der Waals surface area contributed by atoms with Crippen molar-refractivity contribution in [1.29, 1.82) is 0 Å². The molecular weight excluding hydrogens is 272 g/mol. The fourth-order valence-corrected chi connectivity index (χ4v) is 2.47. The number of imidazole rings is 1. The van der Waals surface area contributed by atoms with Crippen molar-refractivity contribution in [2.45, 2.75) is 13.0 Å². The normalized spacial score (nSPS) is 11.2. The maximum Gasteiger partial charge on any atom is 0.228 e. The summed E-state index contributed by atoms with van der Waals surface area (Å²) in [5.74, 6) is 0.582. The van der Waals surface area contributed by atoms with Gasteiger partial charge in [0.15, 0.2) is 11.1 Å². The first-order valence-electron chi connectivity index (χ1n) is 5.38. The van der Waals surface area contributed by atoms with E-state index in [0.29, 0.717) is 28.7 Å². The molecule has 7 heteroatoms. The van der Waals surface area contributed by atoms with E-state index >= 15 is 0 Å². The quantitative estimate of drug-likeness (QED) is 0.749. The summed E-state index contributed by atoms with van der Waals surface area (Å²) in [6.45, 7) is 0.644. The van der Waals surface area contributed by atoms with Crippen LogP contribution in [-0.2, 0) is 13.0 Å². The van der Waals surface area contributed by atoms with Crippen LogP contribution in [-0.4, -0.2) is 19.7 Å². The van der Waals surface area contributed by atoms with E-state index in [2.05, 4.69) is 15.1 Å². The minimum Gasteiger partial charge on any atom is -0.340 e. The molecule has 0 aliphatic heterocycles. The zero-order chi connectivity index (χ0) is 12.5. The van der Waals surface area contributed by atoms with Gasteiger partial charge >= 0.3 is 0 Å². The summed E-state index contributed by atoms with van der Waals surface area (Å²) in [6.07, 6.45) is 2.00. The second kappa shape index (κ2) is 4.55. The second-order valence-electron chi connectivity index (χ2n) is 3.80. The molecule has 0 saturated heterocycles. The zero-order valence-electron chi connectivity index (χ0n) is 9.26. The molecule has 0 fully saturated rings.